The molecule has 1 amide bonds. The highest BCUT2D eigenvalue weighted by Crippen LogP contribution is 2.12. The number of anilines is 1. The van der Waals surface area contributed by atoms with Crippen LogP contribution < -0.4 is 11.1 Å². The Bertz CT molecular complexity index is 433. The molecule has 4 nitrogen and oxygen atoms in total. The summed E-state index contributed by atoms with van der Waals surface area (Å²) in [6, 6.07) is 5.23. The van der Waals surface area contributed by atoms with Crippen LogP contribution in [0.1, 0.15) is 22.8 Å². The Hall–Kier alpha value is -1.36. The van der Waals surface area contributed by atoms with E-state index in [0.717, 1.165) is 5.56 Å². The molecule has 94 valence electrons. The molecule has 0 radical (unpaired) electrons. The number of rotatable bonds is 5. The first kappa shape index (κ1) is 13.7. The summed E-state index contributed by atoms with van der Waals surface area (Å²) in [5, 5.41) is 2.74. The van der Waals surface area contributed by atoms with Gasteiger partial charge in [0.15, 0.2) is 0 Å². The Labute approximate surface area is 104 Å². The van der Waals surface area contributed by atoms with Gasteiger partial charge in [-0.15, -0.1) is 0 Å². The molecular formula is C12H18N2O2S. The molecule has 1 unspecified atom stereocenters. The van der Waals surface area contributed by atoms with Crippen molar-refractivity contribution in [2.75, 3.05) is 23.8 Å². The molecule has 0 aliphatic carbocycles. The number of aryl methyl sites for hydroxylation is 1. The third-order valence-corrected chi connectivity index (χ3v) is 3.75. The standard InChI is InChI=1S/C12H18N2O2S/c1-3-17(16)7-6-14-12(15)11-8-10(13)5-4-9(11)2/h4-5,8H,3,6-7,13H2,1-2H3,(H,14,15). The summed E-state index contributed by atoms with van der Waals surface area (Å²) in [7, 11) is -0.849. The van der Waals surface area contributed by atoms with Crippen LogP contribution in [0.25, 0.3) is 0 Å². The van der Waals surface area contributed by atoms with Crippen LogP contribution in [0.3, 0.4) is 0 Å². The molecule has 1 aromatic rings. The van der Waals surface area contributed by atoms with Crippen LogP contribution in [0.2, 0.25) is 0 Å². The minimum atomic E-state index is -0.849. The van der Waals surface area contributed by atoms with Gasteiger partial charge in [-0.25, -0.2) is 0 Å². The number of benzene rings is 1. The average Bonchev–Trinajstić information content (AvgIpc) is 2.31. The zero-order chi connectivity index (χ0) is 12.8. The quantitative estimate of drug-likeness (QED) is 0.772. The molecule has 0 bridgehead atoms. The second-order valence-corrected chi connectivity index (χ2v) is 5.63. The zero-order valence-electron chi connectivity index (χ0n) is 10.2. The molecule has 0 aliphatic heterocycles. The summed E-state index contributed by atoms with van der Waals surface area (Å²) in [5.41, 5.74) is 7.66. The van der Waals surface area contributed by atoms with Crippen molar-refractivity contribution in [3.05, 3.63) is 29.3 Å². The number of carbonyl (C=O) groups is 1. The molecule has 0 saturated carbocycles. The van der Waals surface area contributed by atoms with Crippen molar-refractivity contribution < 1.29 is 9.00 Å². The number of amides is 1. The van der Waals surface area contributed by atoms with E-state index in [4.69, 9.17) is 5.73 Å². The van der Waals surface area contributed by atoms with Crippen molar-refractivity contribution >= 4 is 22.4 Å². The van der Waals surface area contributed by atoms with Gasteiger partial charge < -0.3 is 11.1 Å². The SMILES string of the molecule is CCS(=O)CCNC(=O)c1cc(N)ccc1C. The minimum absolute atomic E-state index is 0.164. The fraction of sp³-hybridized carbons (Fsp3) is 0.417. The summed E-state index contributed by atoms with van der Waals surface area (Å²) >= 11 is 0. The second kappa shape index (κ2) is 6.39. The molecule has 17 heavy (non-hydrogen) atoms. The number of nitrogens with two attached hydrogens (primary N) is 1. The van der Waals surface area contributed by atoms with E-state index in [0.29, 0.717) is 29.3 Å². The number of hydrogen-bond donors (Lipinski definition) is 2. The second-order valence-electron chi connectivity index (χ2n) is 3.76. The van der Waals surface area contributed by atoms with Crippen molar-refractivity contribution in [3.8, 4) is 0 Å². The summed E-state index contributed by atoms with van der Waals surface area (Å²) in [5.74, 6) is 0.944. The van der Waals surface area contributed by atoms with Gasteiger partial charge in [-0.3, -0.25) is 9.00 Å². The van der Waals surface area contributed by atoms with Gasteiger partial charge in [-0.1, -0.05) is 13.0 Å². The van der Waals surface area contributed by atoms with Gasteiger partial charge in [-0.2, -0.15) is 0 Å². The normalized spacial score (nSPS) is 12.1. The van der Waals surface area contributed by atoms with E-state index < -0.39 is 10.8 Å². The van der Waals surface area contributed by atoms with E-state index in [2.05, 4.69) is 5.32 Å². The van der Waals surface area contributed by atoms with E-state index >= 15 is 0 Å². The van der Waals surface area contributed by atoms with Crippen molar-refractivity contribution in [1.29, 1.82) is 0 Å². The Morgan fingerprint density at radius 3 is 2.82 bits per heavy atom. The molecule has 3 N–H and O–H groups in total. The predicted molar refractivity (Wildman–Crippen MR) is 71.5 cm³/mol. The maximum absolute atomic E-state index is 11.8. The fourth-order valence-electron chi connectivity index (χ4n) is 1.40. The molecule has 1 atom stereocenters. The van der Waals surface area contributed by atoms with Crippen molar-refractivity contribution in [1.82, 2.24) is 5.32 Å². The fourth-order valence-corrected chi connectivity index (χ4v) is 2.02. The summed E-state index contributed by atoms with van der Waals surface area (Å²) < 4.78 is 11.2. The van der Waals surface area contributed by atoms with Crippen LogP contribution in [0.15, 0.2) is 18.2 Å². The van der Waals surface area contributed by atoms with Crippen molar-refractivity contribution in [2.45, 2.75) is 13.8 Å². The maximum Gasteiger partial charge on any atom is 0.251 e. The lowest BCUT2D eigenvalue weighted by molar-refractivity contribution is 0.0955. The summed E-state index contributed by atoms with van der Waals surface area (Å²) in [4.78, 5) is 11.8. The summed E-state index contributed by atoms with van der Waals surface area (Å²) in [6.45, 7) is 4.14. The van der Waals surface area contributed by atoms with Gasteiger partial charge in [0.2, 0.25) is 0 Å². The summed E-state index contributed by atoms with van der Waals surface area (Å²) in [6.07, 6.45) is 0. The molecule has 0 heterocycles. The molecule has 1 aromatic carbocycles. The number of hydrogen-bond acceptors (Lipinski definition) is 3. The van der Waals surface area contributed by atoms with E-state index in [1.807, 2.05) is 19.9 Å². The first-order chi connectivity index (χ1) is 8.04. The van der Waals surface area contributed by atoms with Crippen LogP contribution in [0.5, 0.6) is 0 Å². The van der Waals surface area contributed by atoms with E-state index in [1.165, 1.54) is 0 Å². The highest BCUT2D eigenvalue weighted by molar-refractivity contribution is 7.84. The Morgan fingerprint density at radius 1 is 1.47 bits per heavy atom. The Kier molecular flexibility index (Phi) is 5.15. The largest absolute Gasteiger partial charge is 0.399 e. The predicted octanol–water partition coefficient (Wildman–Crippen LogP) is 1.08. The van der Waals surface area contributed by atoms with Crippen LogP contribution in [0, 0.1) is 6.92 Å². The van der Waals surface area contributed by atoms with Crippen molar-refractivity contribution in [2.24, 2.45) is 0 Å². The molecule has 1 rings (SSSR count). The first-order valence-corrected chi connectivity index (χ1v) is 7.02. The van der Waals surface area contributed by atoms with E-state index in [-0.39, 0.29) is 5.91 Å². The van der Waals surface area contributed by atoms with Gasteiger partial charge in [0, 0.05) is 40.1 Å². The molecule has 0 aliphatic rings. The van der Waals surface area contributed by atoms with Gasteiger partial charge >= 0.3 is 0 Å². The van der Waals surface area contributed by atoms with Gasteiger partial charge in [-0.05, 0) is 24.6 Å². The first-order valence-electron chi connectivity index (χ1n) is 5.54. The van der Waals surface area contributed by atoms with Gasteiger partial charge in [0.25, 0.3) is 5.91 Å². The van der Waals surface area contributed by atoms with Crippen LogP contribution in [0.4, 0.5) is 5.69 Å². The van der Waals surface area contributed by atoms with E-state index in [1.54, 1.807) is 12.1 Å². The van der Waals surface area contributed by atoms with Crippen LogP contribution in [-0.2, 0) is 10.8 Å². The number of nitrogen functional groups attached to an aromatic ring is 1. The van der Waals surface area contributed by atoms with Crippen LogP contribution >= 0.6 is 0 Å². The monoisotopic (exact) mass is 254 g/mol. The van der Waals surface area contributed by atoms with Gasteiger partial charge in [0.05, 0.1) is 0 Å². The van der Waals surface area contributed by atoms with Crippen molar-refractivity contribution in [3.63, 3.8) is 0 Å². The lowest BCUT2D eigenvalue weighted by atomic mass is 10.1. The Balaban J connectivity index is 2.58. The lowest BCUT2D eigenvalue weighted by Gasteiger charge is -2.08. The lowest BCUT2D eigenvalue weighted by Crippen LogP contribution is -2.28. The highest BCUT2D eigenvalue weighted by atomic mass is 32.2. The van der Waals surface area contributed by atoms with Gasteiger partial charge in [0.1, 0.15) is 0 Å². The van der Waals surface area contributed by atoms with Crippen LogP contribution in [-0.4, -0.2) is 28.2 Å². The molecule has 0 fully saturated rings. The number of carbonyl (C=O) groups excluding carboxylic acids is 1. The molecule has 0 saturated heterocycles. The zero-order valence-corrected chi connectivity index (χ0v) is 11.0. The molecular weight excluding hydrogens is 236 g/mol. The molecule has 0 spiro atoms. The molecule has 0 aromatic heterocycles. The maximum atomic E-state index is 11.8. The third-order valence-electron chi connectivity index (χ3n) is 2.44. The minimum Gasteiger partial charge on any atom is -0.399 e. The Morgan fingerprint density at radius 2 is 2.18 bits per heavy atom. The number of nitrogens with one attached hydrogen (secondary N) is 1. The molecule has 5 heteroatoms. The highest BCUT2D eigenvalue weighted by Gasteiger charge is 2.08. The topological polar surface area (TPSA) is 72.2 Å². The smallest absolute Gasteiger partial charge is 0.251 e. The average molecular weight is 254 g/mol. The third kappa shape index (κ3) is 4.19. The van der Waals surface area contributed by atoms with E-state index in [9.17, 15) is 9.00 Å².